The molecule has 1 aromatic heterocycles. The molecule has 1 heterocycles. The summed E-state index contributed by atoms with van der Waals surface area (Å²) in [5.41, 5.74) is 0.876. The summed E-state index contributed by atoms with van der Waals surface area (Å²) in [5, 5.41) is 8.38. The van der Waals surface area contributed by atoms with Gasteiger partial charge in [0.1, 0.15) is 0 Å². The summed E-state index contributed by atoms with van der Waals surface area (Å²) in [6, 6.07) is 1.78. The van der Waals surface area contributed by atoms with Crippen LogP contribution in [0.4, 0.5) is 5.69 Å². The van der Waals surface area contributed by atoms with Crippen molar-refractivity contribution in [3.05, 3.63) is 16.4 Å². The van der Waals surface area contributed by atoms with E-state index in [1.807, 2.05) is 0 Å². The van der Waals surface area contributed by atoms with Crippen molar-refractivity contribution in [2.75, 3.05) is 18.0 Å². The van der Waals surface area contributed by atoms with Crippen LogP contribution in [0.25, 0.3) is 0 Å². The molecule has 0 atom stereocenters. The van der Waals surface area contributed by atoms with Gasteiger partial charge in [0.05, 0.1) is 5.69 Å². The van der Waals surface area contributed by atoms with Crippen LogP contribution in [0.2, 0.25) is 10.3 Å². The molecule has 0 saturated carbocycles. The minimum absolute atomic E-state index is 0.382. The third kappa shape index (κ3) is 4.00. The molecule has 0 saturated heterocycles. The SMILES string of the molecule is CCC(CC)CN(CC)c1cc(Cl)nnc1Cl. The van der Waals surface area contributed by atoms with Crippen LogP contribution in [0.15, 0.2) is 6.07 Å². The number of aromatic nitrogens is 2. The molecule has 96 valence electrons. The highest BCUT2D eigenvalue weighted by Gasteiger charge is 2.15. The van der Waals surface area contributed by atoms with Gasteiger partial charge in [-0.3, -0.25) is 0 Å². The van der Waals surface area contributed by atoms with Crippen molar-refractivity contribution < 1.29 is 0 Å². The Morgan fingerprint density at radius 1 is 1.18 bits per heavy atom. The first-order valence-corrected chi connectivity index (χ1v) is 6.81. The Bertz CT molecular complexity index is 354. The van der Waals surface area contributed by atoms with Gasteiger partial charge in [-0.05, 0) is 12.8 Å². The number of anilines is 1. The second kappa shape index (κ2) is 7.02. The largest absolute Gasteiger partial charge is 0.369 e. The van der Waals surface area contributed by atoms with E-state index >= 15 is 0 Å². The molecule has 0 aliphatic heterocycles. The molecule has 0 aliphatic carbocycles. The number of rotatable bonds is 6. The molecule has 3 nitrogen and oxygen atoms in total. The summed E-state index contributed by atoms with van der Waals surface area (Å²) in [6.45, 7) is 8.39. The van der Waals surface area contributed by atoms with Crippen molar-refractivity contribution in [2.45, 2.75) is 33.6 Å². The Labute approximate surface area is 113 Å². The van der Waals surface area contributed by atoms with Crippen LogP contribution in [0, 0.1) is 5.92 Å². The van der Waals surface area contributed by atoms with Crippen molar-refractivity contribution in [2.24, 2.45) is 5.92 Å². The molecular weight excluding hydrogens is 257 g/mol. The standard InChI is InChI=1S/C12H19Cl2N3/c1-4-9(5-2)8-17(6-3)10-7-11(13)15-16-12(10)14/h7,9H,4-6,8H2,1-3H3. The fraction of sp³-hybridized carbons (Fsp3) is 0.667. The van der Waals surface area contributed by atoms with Crippen molar-refractivity contribution in [1.82, 2.24) is 10.2 Å². The van der Waals surface area contributed by atoms with E-state index in [2.05, 4.69) is 35.9 Å². The Morgan fingerprint density at radius 3 is 2.35 bits per heavy atom. The van der Waals surface area contributed by atoms with Gasteiger partial charge in [0, 0.05) is 19.2 Å². The zero-order chi connectivity index (χ0) is 12.8. The van der Waals surface area contributed by atoms with Crippen LogP contribution in [-0.2, 0) is 0 Å². The van der Waals surface area contributed by atoms with Gasteiger partial charge >= 0.3 is 0 Å². The van der Waals surface area contributed by atoms with E-state index in [0.717, 1.165) is 31.6 Å². The number of halogens is 2. The van der Waals surface area contributed by atoms with Gasteiger partial charge in [-0.15, -0.1) is 10.2 Å². The minimum atomic E-state index is 0.382. The average molecular weight is 276 g/mol. The van der Waals surface area contributed by atoms with Gasteiger partial charge in [0.25, 0.3) is 0 Å². The van der Waals surface area contributed by atoms with Gasteiger partial charge in [-0.25, -0.2) is 0 Å². The van der Waals surface area contributed by atoms with Crippen LogP contribution >= 0.6 is 23.2 Å². The van der Waals surface area contributed by atoms with E-state index in [9.17, 15) is 0 Å². The summed E-state index contributed by atoms with van der Waals surface area (Å²) < 4.78 is 0. The van der Waals surface area contributed by atoms with Crippen LogP contribution < -0.4 is 4.90 Å². The molecule has 0 fully saturated rings. The maximum Gasteiger partial charge on any atom is 0.175 e. The predicted octanol–water partition coefficient (Wildman–Crippen LogP) is 4.05. The monoisotopic (exact) mass is 275 g/mol. The van der Waals surface area contributed by atoms with Crippen molar-refractivity contribution in [3.8, 4) is 0 Å². The quantitative estimate of drug-likeness (QED) is 0.785. The number of hydrogen-bond acceptors (Lipinski definition) is 3. The van der Waals surface area contributed by atoms with E-state index in [-0.39, 0.29) is 0 Å². The molecule has 1 aromatic rings. The third-order valence-corrected chi connectivity index (χ3v) is 3.51. The summed E-state index contributed by atoms with van der Waals surface area (Å²) in [6.07, 6.45) is 2.33. The summed E-state index contributed by atoms with van der Waals surface area (Å²) in [4.78, 5) is 2.21. The molecular formula is C12H19Cl2N3. The van der Waals surface area contributed by atoms with E-state index < -0.39 is 0 Å². The molecule has 17 heavy (non-hydrogen) atoms. The van der Waals surface area contributed by atoms with Crippen LogP contribution in [0.5, 0.6) is 0 Å². The maximum absolute atomic E-state index is 6.07. The third-order valence-electron chi connectivity index (χ3n) is 3.06. The van der Waals surface area contributed by atoms with Crippen molar-refractivity contribution >= 4 is 28.9 Å². The first kappa shape index (κ1) is 14.5. The second-order valence-electron chi connectivity index (χ2n) is 4.06. The molecule has 0 aliphatic rings. The van der Waals surface area contributed by atoms with E-state index in [1.165, 1.54) is 0 Å². The smallest absolute Gasteiger partial charge is 0.175 e. The molecule has 0 unspecified atom stereocenters. The Hall–Kier alpha value is -0.540. The molecule has 0 bridgehead atoms. The molecule has 1 rings (SSSR count). The maximum atomic E-state index is 6.07. The highest BCUT2D eigenvalue weighted by Crippen LogP contribution is 2.26. The highest BCUT2D eigenvalue weighted by atomic mass is 35.5. The van der Waals surface area contributed by atoms with Gasteiger partial charge in [0.15, 0.2) is 10.3 Å². The lowest BCUT2D eigenvalue weighted by atomic mass is 10.0. The normalized spacial score (nSPS) is 10.9. The predicted molar refractivity (Wildman–Crippen MR) is 74.0 cm³/mol. The molecule has 0 amide bonds. The molecule has 0 aromatic carbocycles. The van der Waals surface area contributed by atoms with Gasteiger partial charge in [0.2, 0.25) is 0 Å². The molecule has 0 spiro atoms. The van der Waals surface area contributed by atoms with E-state index in [1.54, 1.807) is 6.07 Å². The Balaban J connectivity index is 2.89. The lowest BCUT2D eigenvalue weighted by molar-refractivity contribution is 0.486. The zero-order valence-corrected chi connectivity index (χ0v) is 12.1. The van der Waals surface area contributed by atoms with Crippen LogP contribution in [0.3, 0.4) is 0 Å². The van der Waals surface area contributed by atoms with E-state index in [4.69, 9.17) is 23.2 Å². The fourth-order valence-electron chi connectivity index (χ4n) is 1.82. The summed E-state index contributed by atoms with van der Waals surface area (Å²) in [5.74, 6) is 0.665. The first-order chi connectivity index (χ1) is 8.12. The minimum Gasteiger partial charge on any atom is -0.369 e. The molecule has 5 heteroatoms. The van der Waals surface area contributed by atoms with Crippen LogP contribution in [-0.4, -0.2) is 23.3 Å². The highest BCUT2D eigenvalue weighted by molar-refractivity contribution is 6.33. The molecule has 0 N–H and O–H groups in total. The lowest BCUT2D eigenvalue weighted by Crippen LogP contribution is -2.29. The first-order valence-electron chi connectivity index (χ1n) is 6.05. The van der Waals surface area contributed by atoms with Crippen LogP contribution in [0.1, 0.15) is 33.6 Å². The topological polar surface area (TPSA) is 29.0 Å². The molecule has 0 radical (unpaired) electrons. The Morgan fingerprint density at radius 2 is 1.82 bits per heavy atom. The second-order valence-corrected chi connectivity index (χ2v) is 4.81. The van der Waals surface area contributed by atoms with Gasteiger partial charge < -0.3 is 4.90 Å². The van der Waals surface area contributed by atoms with E-state index in [0.29, 0.717) is 16.2 Å². The van der Waals surface area contributed by atoms with Crippen molar-refractivity contribution in [1.29, 1.82) is 0 Å². The summed E-state index contributed by atoms with van der Waals surface area (Å²) in [7, 11) is 0. The van der Waals surface area contributed by atoms with Crippen molar-refractivity contribution in [3.63, 3.8) is 0 Å². The average Bonchev–Trinajstić information content (AvgIpc) is 2.34. The zero-order valence-electron chi connectivity index (χ0n) is 10.6. The number of nitrogens with zero attached hydrogens (tertiary/aromatic N) is 3. The fourth-order valence-corrected chi connectivity index (χ4v) is 2.18. The number of hydrogen-bond donors (Lipinski definition) is 0. The van der Waals surface area contributed by atoms with Gasteiger partial charge in [-0.1, -0.05) is 49.9 Å². The lowest BCUT2D eigenvalue weighted by Gasteiger charge is -2.27. The summed E-state index contributed by atoms with van der Waals surface area (Å²) >= 11 is 11.9. The Kier molecular flexibility index (Phi) is 6.00. The van der Waals surface area contributed by atoms with Gasteiger partial charge in [-0.2, -0.15) is 0 Å².